The van der Waals surface area contributed by atoms with Crippen LogP contribution in [0.2, 0.25) is 0 Å². The van der Waals surface area contributed by atoms with E-state index in [2.05, 4.69) is 37.6 Å². The standard InChI is InChI=1S/C23H34N4O2S/c1-29-16-8-21(28)25-20-4-2-18(3-5-20)7-11-26-12-14-27(15-13-26)23-22-19(6-10-24-23)9-17-30-22/h6,9-10,17-18,20H,2-5,7-8,11-16H2,1H3,(H,25,28)/t18-,20-. The molecule has 0 spiro atoms. The van der Waals surface area contributed by atoms with Crippen LogP contribution in [0.3, 0.4) is 0 Å². The van der Waals surface area contributed by atoms with Gasteiger partial charge in [-0.1, -0.05) is 0 Å². The Balaban J connectivity index is 1.15. The van der Waals surface area contributed by atoms with Crippen LogP contribution in [-0.2, 0) is 9.53 Å². The third-order valence-electron chi connectivity index (χ3n) is 6.62. The smallest absolute Gasteiger partial charge is 0.222 e. The molecule has 0 bridgehead atoms. The van der Waals surface area contributed by atoms with E-state index in [1.807, 2.05) is 6.20 Å². The Morgan fingerprint density at radius 3 is 2.77 bits per heavy atom. The van der Waals surface area contributed by atoms with Gasteiger partial charge in [0.1, 0.15) is 5.82 Å². The van der Waals surface area contributed by atoms with Crippen LogP contribution in [0.1, 0.15) is 38.5 Å². The second kappa shape index (κ2) is 10.6. The summed E-state index contributed by atoms with van der Waals surface area (Å²) in [7, 11) is 1.64. The largest absolute Gasteiger partial charge is 0.384 e. The highest BCUT2D eigenvalue weighted by molar-refractivity contribution is 7.17. The molecule has 1 saturated carbocycles. The van der Waals surface area contributed by atoms with Crippen molar-refractivity contribution in [3.8, 4) is 0 Å². The van der Waals surface area contributed by atoms with Crippen molar-refractivity contribution in [2.75, 3.05) is 51.3 Å². The number of thiophene rings is 1. The van der Waals surface area contributed by atoms with Crippen molar-refractivity contribution in [3.63, 3.8) is 0 Å². The van der Waals surface area contributed by atoms with Crippen molar-refractivity contribution in [2.45, 2.75) is 44.6 Å². The molecule has 0 atom stereocenters. The lowest BCUT2D eigenvalue weighted by Crippen LogP contribution is -2.47. The third-order valence-corrected chi connectivity index (χ3v) is 7.55. The molecule has 6 nitrogen and oxygen atoms in total. The minimum Gasteiger partial charge on any atom is -0.384 e. The van der Waals surface area contributed by atoms with Crippen LogP contribution in [0.15, 0.2) is 23.7 Å². The number of carbonyl (C=O) groups is 1. The first-order valence-corrected chi connectivity index (χ1v) is 12.2. The topological polar surface area (TPSA) is 57.7 Å². The summed E-state index contributed by atoms with van der Waals surface area (Å²) in [6.07, 6.45) is 8.40. The molecular formula is C23H34N4O2S. The lowest BCUT2D eigenvalue weighted by Gasteiger charge is -2.37. The van der Waals surface area contributed by atoms with Gasteiger partial charge in [-0.05, 0) is 67.5 Å². The van der Waals surface area contributed by atoms with Crippen LogP contribution in [0, 0.1) is 5.92 Å². The Morgan fingerprint density at radius 1 is 1.20 bits per heavy atom. The number of anilines is 1. The zero-order valence-corrected chi connectivity index (χ0v) is 18.8. The summed E-state index contributed by atoms with van der Waals surface area (Å²) in [6, 6.07) is 4.65. The molecule has 0 aromatic carbocycles. The zero-order chi connectivity index (χ0) is 20.8. The monoisotopic (exact) mass is 430 g/mol. The summed E-state index contributed by atoms with van der Waals surface area (Å²) in [5.41, 5.74) is 0. The van der Waals surface area contributed by atoms with Gasteiger partial charge in [-0.15, -0.1) is 11.3 Å². The van der Waals surface area contributed by atoms with Crippen molar-refractivity contribution in [1.82, 2.24) is 15.2 Å². The molecule has 4 rings (SSSR count). The molecule has 0 unspecified atom stereocenters. The van der Waals surface area contributed by atoms with E-state index in [1.165, 1.54) is 35.9 Å². The first-order chi connectivity index (χ1) is 14.7. The number of carbonyl (C=O) groups excluding carboxylic acids is 1. The Morgan fingerprint density at radius 2 is 2.00 bits per heavy atom. The fraction of sp³-hybridized carbons (Fsp3) is 0.652. The highest BCUT2D eigenvalue weighted by atomic mass is 32.1. The number of aromatic nitrogens is 1. The maximum Gasteiger partial charge on any atom is 0.222 e. The number of pyridine rings is 1. The highest BCUT2D eigenvalue weighted by Crippen LogP contribution is 2.30. The predicted octanol–water partition coefficient (Wildman–Crippen LogP) is 3.52. The summed E-state index contributed by atoms with van der Waals surface area (Å²) in [4.78, 5) is 21.6. The third kappa shape index (κ3) is 5.50. The molecule has 2 fully saturated rings. The van der Waals surface area contributed by atoms with Crippen molar-refractivity contribution in [3.05, 3.63) is 23.7 Å². The Hall–Kier alpha value is -1.70. The van der Waals surface area contributed by atoms with E-state index in [0.29, 0.717) is 19.1 Å². The van der Waals surface area contributed by atoms with Crippen molar-refractivity contribution >= 4 is 33.1 Å². The summed E-state index contributed by atoms with van der Waals surface area (Å²) < 4.78 is 6.30. The van der Waals surface area contributed by atoms with Gasteiger partial charge in [0.2, 0.25) is 5.91 Å². The van der Waals surface area contributed by atoms with Crippen LogP contribution >= 0.6 is 11.3 Å². The Kier molecular flexibility index (Phi) is 7.57. The summed E-state index contributed by atoms with van der Waals surface area (Å²) in [5.74, 6) is 2.09. The number of piperazine rings is 1. The first-order valence-electron chi connectivity index (χ1n) is 11.3. The highest BCUT2D eigenvalue weighted by Gasteiger charge is 2.24. The fourth-order valence-electron chi connectivity index (χ4n) is 4.74. The van der Waals surface area contributed by atoms with Gasteiger partial charge in [-0.3, -0.25) is 9.69 Å². The number of methoxy groups -OCH3 is 1. The molecule has 0 radical (unpaired) electrons. The lowest BCUT2D eigenvalue weighted by molar-refractivity contribution is -0.122. The van der Waals surface area contributed by atoms with Crippen LogP contribution in [0.4, 0.5) is 5.82 Å². The summed E-state index contributed by atoms with van der Waals surface area (Å²) >= 11 is 1.79. The number of rotatable bonds is 8. The van der Waals surface area contributed by atoms with Gasteiger partial charge in [0, 0.05) is 51.9 Å². The number of fused-ring (bicyclic) bond motifs is 1. The molecule has 2 aromatic rings. The van der Waals surface area contributed by atoms with E-state index in [1.54, 1.807) is 18.4 Å². The van der Waals surface area contributed by atoms with Gasteiger partial charge in [0.05, 0.1) is 11.3 Å². The van der Waals surface area contributed by atoms with E-state index in [0.717, 1.165) is 50.8 Å². The number of hydrogen-bond acceptors (Lipinski definition) is 6. The summed E-state index contributed by atoms with van der Waals surface area (Å²) in [5, 5.41) is 6.63. The van der Waals surface area contributed by atoms with Gasteiger partial charge in [-0.25, -0.2) is 4.98 Å². The molecule has 1 amide bonds. The van der Waals surface area contributed by atoms with Gasteiger partial charge < -0.3 is 15.0 Å². The van der Waals surface area contributed by atoms with Crippen molar-refractivity contribution < 1.29 is 9.53 Å². The van der Waals surface area contributed by atoms with E-state index >= 15 is 0 Å². The SMILES string of the molecule is COCCC(=O)N[C@H]1CC[C@H](CCN2CCN(c3nccc4ccsc34)CC2)CC1. The average molecular weight is 431 g/mol. The second-order valence-electron chi connectivity index (χ2n) is 8.62. The van der Waals surface area contributed by atoms with Gasteiger partial charge in [0.15, 0.2) is 0 Å². The molecule has 1 N–H and O–H groups in total. The minimum absolute atomic E-state index is 0.130. The molecule has 1 saturated heterocycles. The van der Waals surface area contributed by atoms with Gasteiger partial charge >= 0.3 is 0 Å². The van der Waals surface area contributed by atoms with Crippen LogP contribution in [0.5, 0.6) is 0 Å². The van der Waals surface area contributed by atoms with Gasteiger partial charge in [-0.2, -0.15) is 0 Å². The lowest BCUT2D eigenvalue weighted by atomic mass is 9.84. The Bertz CT molecular complexity index is 810. The molecule has 1 aliphatic heterocycles. The maximum atomic E-state index is 11.9. The summed E-state index contributed by atoms with van der Waals surface area (Å²) in [6.45, 7) is 6.06. The van der Waals surface area contributed by atoms with E-state index in [-0.39, 0.29) is 5.91 Å². The molecule has 164 valence electrons. The molecule has 2 aromatic heterocycles. The number of amides is 1. The van der Waals surface area contributed by atoms with E-state index < -0.39 is 0 Å². The van der Waals surface area contributed by atoms with E-state index in [4.69, 9.17) is 4.74 Å². The fourth-order valence-corrected chi connectivity index (χ4v) is 5.65. The number of hydrogen-bond donors (Lipinski definition) is 1. The number of nitrogens with one attached hydrogen (secondary N) is 1. The molecule has 7 heteroatoms. The minimum atomic E-state index is 0.130. The van der Waals surface area contributed by atoms with Crippen LogP contribution in [0.25, 0.3) is 10.1 Å². The van der Waals surface area contributed by atoms with E-state index in [9.17, 15) is 4.79 Å². The quantitative estimate of drug-likeness (QED) is 0.694. The van der Waals surface area contributed by atoms with Gasteiger partial charge in [0.25, 0.3) is 0 Å². The second-order valence-corrected chi connectivity index (χ2v) is 9.53. The first kappa shape index (κ1) is 21.5. The average Bonchev–Trinajstić information content (AvgIpc) is 3.27. The number of nitrogens with zero attached hydrogens (tertiary/aromatic N) is 3. The zero-order valence-electron chi connectivity index (χ0n) is 18.0. The normalized spacial score (nSPS) is 23.0. The molecule has 3 heterocycles. The van der Waals surface area contributed by atoms with Crippen molar-refractivity contribution in [1.29, 1.82) is 0 Å². The van der Waals surface area contributed by atoms with Crippen LogP contribution in [-0.4, -0.2) is 68.3 Å². The molecular weight excluding hydrogens is 396 g/mol. The molecule has 2 aliphatic rings. The van der Waals surface area contributed by atoms with Crippen molar-refractivity contribution in [2.24, 2.45) is 5.92 Å². The molecule has 1 aliphatic carbocycles. The number of ether oxygens (including phenoxy) is 1. The molecule has 30 heavy (non-hydrogen) atoms. The maximum absolute atomic E-state index is 11.9. The van der Waals surface area contributed by atoms with Crippen LogP contribution < -0.4 is 10.2 Å². The predicted molar refractivity (Wildman–Crippen MR) is 123 cm³/mol. The Labute approximate surface area is 183 Å².